The van der Waals surface area contributed by atoms with Crippen molar-refractivity contribution in [2.75, 3.05) is 20.1 Å². The van der Waals surface area contributed by atoms with Gasteiger partial charge in [-0.15, -0.1) is 0 Å². The smallest absolute Gasteiger partial charge is 0.345 e. The fourth-order valence-corrected chi connectivity index (χ4v) is 2.80. The van der Waals surface area contributed by atoms with Crippen molar-refractivity contribution >= 4 is 15.9 Å². The van der Waals surface area contributed by atoms with E-state index < -0.39 is 28.7 Å². The molecule has 0 spiro atoms. The Kier molecular flexibility index (Phi) is 6.19. The summed E-state index contributed by atoms with van der Waals surface area (Å²) in [5, 5.41) is 4.55. The van der Waals surface area contributed by atoms with Crippen molar-refractivity contribution in [2.24, 2.45) is 7.05 Å². The number of nitrogens with one attached hydrogen (secondary N) is 3. The summed E-state index contributed by atoms with van der Waals surface area (Å²) in [6.07, 6.45) is -3.38. The van der Waals surface area contributed by atoms with Gasteiger partial charge in [-0.05, 0) is 20.0 Å². The maximum Gasteiger partial charge on any atom is 0.405 e. The number of sulfonamides is 1. The van der Waals surface area contributed by atoms with Crippen molar-refractivity contribution in [1.29, 1.82) is 0 Å². The van der Waals surface area contributed by atoms with E-state index in [0.29, 0.717) is 0 Å². The Morgan fingerprint density at radius 1 is 1.39 bits per heavy atom. The van der Waals surface area contributed by atoms with Gasteiger partial charge in [0.15, 0.2) is 0 Å². The van der Waals surface area contributed by atoms with Crippen LogP contribution in [0.2, 0.25) is 0 Å². The molecule has 1 aromatic heterocycles. The molecule has 1 unspecified atom stereocenters. The quantitative estimate of drug-likeness (QED) is 0.651. The summed E-state index contributed by atoms with van der Waals surface area (Å²) >= 11 is 0. The number of rotatable bonds is 7. The van der Waals surface area contributed by atoms with Crippen molar-refractivity contribution < 1.29 is 26.4 Å². The molecule has 1 aromatic rings. The molecule has 7 nitrogen and oxygen atoms in total. The van der Waals surface area contributed by atoms with Gasteiger partial charge in [0.1, 0.15) is 17.1 Å². The second-order valence-electron chi connectivity index (χ2n) is 5.01. The molecule has 0 fully saturated rings. The number of likely N-dealkylation sites (N-methyl/N-ethyl adjacent to an activating group) is 1. The number of nitrogens with zero attached hydrogens (tertiary/aromatic N) is 1. The molecule has 0 aromatic carbocycles. The lowest BCUT2D eigenvalue weighted by Crippen LogP contribution is -2.37. The molecule has 1 amide bonds. The first-order chi connectivity index (χ1) is 10.5. The van der Waals surface area contributed by atoms with E-state index in [1.807, 2.05) is 0 Å². The molecule has 0 aliphatic carbocycles. The summed E-state index contributed by atoms with van der Waals surface area (Å²) in [6, 6.07) is 0.918. The van der Waals surface area contributed by atoms with E-state index in [4.69, 9.17) is 0 Å². The van der Waals surface area contributed by atoms with Crippen LogP contribution in [0.4, 0.5) is 13.2 Å². The molecular formula is C12H19F3N4O3S. The van der Waals surface area contributed by atoms with Crippen LogP contribution in [-0.2, 0) is 17.1 Å². The summed E-state index contributed by atoms with van der Waals surface area (Å²) in [7, 11) is -0.813. The van der Waals surface area contributed by atoms with Gasteiger partial charge in [-0.25, -0.2) is 13.1 Å². The fourth-order valence-electron chi connectivity index (χ4n) is 1.60. The minimum Gasteiger partial charge on any atom is -0.345 e. The Labute approximate surface area is 132 Å². The summed E-state index contributed by atoms with van der Waals surface area (Å²) in [6.45, 7) is 0.407. The first-order valence-electron chi connectivity index (χ1n) is 6.64. The minimum atomic E-state index is -4.54. The predicted molar refractivity (Wildman–Crippen MR) is 77.5 cm³/mol. The number of aryl methyl sites for hydroxylation is 1. The van der Waals surface area contributed by atoms with Crippen molar-refractivity contribution in [1.82, 2.24) is 19.9 Å². The minimum absolute atomic E-state index is 0.108. The highest BCUT2D eigenvalue weighted by molar-refractivity contribution is 7.89. The molecule has 132 valence electrons. The van der Waals surface area contributed by atoms with Crippen molar-refractivity contribution in [3.8, 4) is 0 Å². The number of alkyl halides is 3. The molecule has 0 saturated carbocycles. The van der Waals surface area contributed by atoms with Crippen LogP contribution >= 0.6 is 0 Å². The van der Waals surface area contributed by atoms with Gasteiger partial charge in [0.05, 0.1) is 0 Å². The SMILES string of the molecule is CNC(C)CNS(=O)(=O)c1cc(C(=O)NCC(F)(F)F)n(C)c1. The largest absolute Gasteiger partial charge is 0.405 e. The van der Waals surface area contributed by atoms with Gasteiger partial charge in [-0.3, -0.25) is 4.79 Å². The third-order valence-electron chi connectivity index (χ3n) is 3.04. The van der Waals surface area contributed by atoms with Crippen LogP contribution in [0.25, 0.3) is 0 Å². The number of amides is 1. The molecule has 0 saturated heterocycles. The summed E-state index contributed by atoms with van der Waals surface area (Å²) in [5.41, 5.74) is -0.184. The highest BCUT2D eigenvalue weighted by atomic mass is 32.2. The molecule has 0 aliphatic heterocycles. The lowest BCUT2D eigenvalue weighted by molar-refractivity contribution is -0.123. The molecule has 1 atom stereocenters. The van der Waals surface area contributed by atoms with Crippen LogP contribution in [-0.4, -0.2) is 51.2 Å². The molecule has 1 rings (SSSR count). The predicted octanol–water partition coefficient (Wildman–Crippen LogP) is 0.203. The van der Waals surface area contributed by atoms with E-state index >= 15 is 0 Å². The van der Waals surface area contributed by atoms with E-state index in [-0.39, 0.29) is 23.2 Å². The Balaban J connectivity index is 2.87. The highest BCUT2D eigenvalue weighted by Crippen LogP contribution is 2.15. The topological polar surface area (TPSA) is 92.2 Å². The molecule has 11 heteroatoms. The standard InChI is InChI=1S/C12H19F3N4O3S/c1-8(16-2)5-18-23(21,22)9-4-10(19(3)6-9)11(20)17-7-12(13,14)15/h4,6,8,16,18H,5,7H2,1-3H3,(H,17,20). The number of hydrogen-bond donors (Lipinski definition) is 3. The van der Waals surface area contributed by atoms with E-state index in [0.717, 1.165) is 16.8 Å². The van der Waals surface area contributed by atoms with E-state index in [2.05, 4.69) is 10.0 Å². The summed E-state index contributed by atoms with van der Waals surface area (Å²) in [5.74, 6) is -1.00. The van der Waals surface area contributed by atoms with Gasteiger partial charge >= 0.3 is 6.18 Å². The van der Waals surface area contributed by atoms with Crippen molar-refractivity contribution in [3.63, 3.8) is 0 Å². The van der Waals surface area contributed by atoms with Crippen LogP contribution in [0.5, 0.6) is 0 Å². The van der Waals surface area contributed by atoms with E-state index in [1.165, 1.54) is 7.05 Å². The first-order valence-corrected chi connectivity index (χ1v) is 8.13. The van der Waals surface area contributed by atoms with Gasteiger partial charge in [0.2, 0.25) is 10.0 Å². The number of aromatic nitrogens is 1. The molecule has 23 heavy (non-hydrogen) atoms. The molecular weight excluding hydrogens is 337 g/mol. The molecule has 0 radical (unpaired) electrons. The monoisotopic (exact) mass is 356 g/mol. The van der Waals surface area contributed by atoms with Crippen molar-refractivity contribution in [2.45, 2.75) is 24.0 Å². The Morgan fingerprint density at radius 2 is 2.00 bits per heavy atom. The summed E-state index contributed by atoms with van der Waals surface area (Å²) < 4.78 is 64.0. The second kappa shape index (κ2) is 7.32. The number of carbonyl (C=O) groups is 1. The van der Waals surface area contributed by atoms with Gasteiger partial charge in [0.25, 0.3) is 5.91 Å². The van der Waals surface area contributed by atoms with E-state index in [1.54, 1.807) is 19.3 Å². The number of carbonyl (C=O) groups excluding carboxylic acids is 1. The first kappa shape index (κ1) is 19.5. The van der Waals surface area contributed by atoms with Crippen molar-refractivity contribution in [3.05, 3.63) is 18.0 Å². The zero-order valence-corrected chi connectivity index (χ0v) is 13.7. The maximum absolute atomic E-state index is 12.1. The Bertz CT molecular complexity index is 655. The van der Waals surface area contributed by atoms with E-state index in [9.17, 15) is 26.4 Å². The lowest BCUT2D eigenvalue weighted by atomic mass is 10.4. The molecule has 0 bridgehead atoms. The zero-order valence-electron chi connectivity index (χ0n) is 12.9. The van der Waals surface area contributed by atoms with Crippen LogP contribution in [0.15, 0.2) is 17.2 Å². The number of hydrogen-bond acceptors (Lipinski definition) is 4. The number of halogens is 3. The Hall–Kier alpha value is -1.59. The second-order valence-corrected chi connectivity index (χ2v) is 6.78. The van der Waals surface area contributed by atoms with Crippen LogP contribution in [0.3, 0.4) is 0 Å². The normalized spacial score (nSPS) is 13.8. The third-order valence-corrected chi connectivity index (χ3v) is 4.44. The molecule has 0 aliphatic rings. The molecule has 1 heterocycles. The molecule has 3 N–H and O–H groups in total. The Morgan fingerprint density at radius 3 is 2.52 bits per heavy atom. The van der Waals surface area contributed by atoms with Gasteiger partial charge in [-0.1, -0.05) is 0 Å². The van der Waals surface area contributed by atoms with Crippen LogP contribution in [0.1, 0.15) is 17.4 Å². The van der Waals surface area contributed by atoms with Crippen LogP contribution < -0.4 is 15.4 Å². The zero-order chi connectivity index (χ0) is 17.8. The summed E-state index contributed by atoms with van der Waals surface area (Å²) in [4.78, 5) is 11.5. The van der Waals surface area contributed by atoms with Gasteiger partial charge < -0.3 is 15.2 Å². The van der Waals surface area contributed by atoms with Gasteiger partial charge in [0, 0.05) is 25.8 Å². The average molecular weight is 356 g/mol. The van der Waals surface area contributed by atoms with Gasteiger partial charge in [-0.2, -0.15) is 13.2 Å². The average Bonchev–Trinajstić information content (AvgIpc) is 2.84. The lowest BCUT2D eigenvalue weighted by Gasteiger charge is -2.10. The highest BCUT2D eigenvalue weighted by Gasteiger charge is 2.29. The van der Waals surface area contributed by atoms with Crippen LogP contribution in [0, 0.1) is 0 Å². The maximum atomic E-state index is 12.1. The third kappa shape index (κ3) is 5.84. The fraction of sp³-hybridized carbons (Fsp3) is 0.583.